The number of aliphatic hydroxyl groups excluding tert-OH is 1. The van der Waals surface area contributed by atoms with Crippen LogP contribution in [0.1, 0.15) is 24.2 Å². The molecule has 0 aromatic heterocycles. The van der Waals surface area contributed by atoms with Crippen LogP contribution in [-0.2, 0) is 11.2 Å². The molecule has 0 aliphatic rings. The molecule has 0 fully saturated rings. The van der Waals surface area contributed by atoms with Crippen LogP contribution in [0.4, 0.5) is 0 Å². The summed E-state index contributed by atoms with van der Waals surface area (Å²) in [6.07, 6.45) is 0.298. The number of ether oxygens (including phenoxy) is 2. The molecule has 0 saturated heterocycles. The van der Waals surface area contributed by atoms with Crippen LogP contribution in [0.2, 0.25) is 0 Å². The molecule has 3 nitrogen and oxygen atoms in total. The van der Waals surface area contributed by atoms with E-state index in [0.717, 1.165) is 22.2 Å². The molecule has 2 aromatic carbocycles. The van der Waals surface area contributed by atoms with Crippen molar-refractivity contribution >= 4 is 15.9 Å². The molecule has 0 aliphatic heterocycles. The Bertz CT molecular complexity index is 579. The molecule has 1 atom stereocenters. The molecule has 0 saturated carbocycles. The fourth-order valence-electron chi connectivity index (χ4n) is 2.01. The van der Waals surface area contributed by atoms with Gasteiger partial charge in [0.25, 0.3) is 0 Å². The molecule has 0 heterocycles. The summed E-state index contributed by atoms with van der Waals surface area (Å²) >= 11 is 3.41. The van der Waals surface area contributed by atoms with Gasteiger partial charge in [-0.05, 0) is 49.2 Å². The zero-order chi connectivity index (χ0) is 15.2. The van der Waals surface area contributed by atoms with Gasteiger partial charge in [-0.1, -0.05) is 28.1 Å². The maximum Gasteiger partial charge on any atom is 0.133 e. The molecule has 2 rings (SSSR count). The SMILES string of the molecule is COCCc1ccc(Oc2ccc(Br)cc2C(C)O)cc1. The van der Waals surface area contributed by atoms with Crippen LogP contribution in [0.15, 0.2) is 46.9 Å². The van der Waals surface area contributed by atoms with Crippen molar-refractivity contribution in [3.63, 3.8) is 0 Å². The van der Waals surface area contributed by atoms with E-state index in [0.29, 0.717) is 12.4 Å². The van der Waals surface area contributed by atoms with E-state index in [1.54, 1.807) is 14.0 Å². The predicted molar refractivity (Wildman–Crippen MR) is 86.9 cm³/mol. The summed E-state index contributed by atoms with van der Waals surface area (Å²) in [6.45, 7) is 2.43. The lowest BCUT2D eigenvalue weighted by molar-refractivity contribution is 0.195. The van der Waals surface area contributed by atoms with Crippen molar-refractivity contribution in [2.45, 2.75) is 19.4 Å². The zero-order valence-corrected chi connectivity index (χ0v) is 13.8. The molecule has 2 aromatic rings. The van der Waals surface area contributed by atoms with Crippen molar-refractivity contribution in [1.29, 1.82) is 0 Å². The van der Waals surface area contributed by atoms with Gasteiger partial charge in [-0.15, -0.1) is 0 Å². The van der Waals surface area contributed by atoms with Gasteiger partial charge in [0.1, 0.15) is 11.5 Å². The van der Waals surface area contributed by atoms with Gasteiger partial charge in [-0.25, -0.2) is 0 Å². The Morgan fingerprint density at radius 3 is 2.48 bits per heavy atom. The number of aliphatic hydroxyl groups is 1. The van der Waals surface area contributed by atoms with Crippen LogP contribution in [0, 0.1) is 0 Å². The van der Waals surface area contributed by atoms with Crippen molar-refractivity contribution in [2.24, 2.45) is 0 Å². The van der Waals surface area contributed by atoms with Gasteiger partial charge >= 0.3 is 0 Å². The second kappa shape index (κ2) is 7.59. The lowest BCUT2D eigenvalue weighted by Gasteiger charge is -2.14. The number of benzene rings is 2. The van der Waals surface area contributed by atoms with E-state index < -0.39 is 6.10 Å². The zero-order valence-electron chi connectivity index (χ0n) is 12.2. The third-order valence-corrected chi connectivity index (χ3v) is 3.66. The second-order valence-electron chi connectivity index (χ2n) is 4.85. The van der Waals surface area contributed by atoms with E-state index >= 15 is 0 Å². The maximum atomic E-state index is 9.83. The largest absolute Gasteiger partial charge is 0.457 e. The molecule has 0 aliphatic carbocycles. The van der Waals surface area contributed by atoms with Gasteiger partial charge in [0, 0.05) is 17.1 Å². The highest BCUT2D eigenvalue weighted by molar-refractivity contribution is 9.10. The summed E-state index contributed by atoms with van der Waals surface area (Å²) in [7, 11) is 1.70. The van der Waals surface area contributed by atoms with Crippen LogP contribution in [0.25, 0.3) is 0 Å². The molecular formula is C17H19BrO3. The summed E-state index contributed by atoms with van der Waals surface area (Å²) in [5.74, 6) is 1.42. The first-order valence-corrected chi connectivity index (χ1v) is 7.62. The van der Waals surface area contributed by atoms with E-state index in [-0.39, 0.29) is 0 Å². The maximum absolute atomic E-state index is 9.83. The lowest BCUT2D eigenvalue weighted by atomic mass is 10.1. The van der Waals surface area contributed by atoms with E-state index in [4.69, 9.17) is 9.47 Å². The minimum Gasteiger partial charge on any atom is -0.457 e. The standard InChI is InChI=1S/C17H19BrO3/c1-12(19)16-11-14(18)5-8-17(16)21-15-6-3-13(4-7-15)9-10-20-2/h3-8,11-12,19H,9-10H2,1-2H3. The number of methoxy groups -OCH3 is 1. The molecular weight excluding hydrogens is 332 g/mol. The first-order valence-electron chi connectivity index (χ1n) is 6.83. The van der Waals surface area contributed by atoms with Crippen molar-refractivity contribution in [1.82, 2.24) is 0 Å². The van der Waals surface area contributed by atoms with E-state index in [2.05, 4.69) is 15.9 Å². The van der Waals surface area contributed by atoms with Gasteiger partial charge in [0.2, 0.25) is 0 Å². The number of hydrogen-bond acceptors (Lipinski definition) is 3. The summed E-state index contributed by atoms with van der Waals surface area (Å²) in [6, 6.07) is 13.5. The van der Waals surface area contributed by atoms with Crippen LogP contribution in [0.5, 0.6) is 11.5 Å². The highest BCUT2D eigenvalue weighted by Gasteiger charge is 2.10. The van der Waals surface area contributed by atoms with Crippen molar-refractivity contribution < 1.29 is 14.6 Å². The van der Waals surface area contributed by atoms with E-state index in [9.17, 15) is 5.11 Å². The van der Waals surface area contributed by atoms with Gasteiger partial charge in [0.15, 0.2) is 0 Å². The van der Waals surface area contributed by atoms with Crippen LogP contribution in [-0.4, -0.2) is 18.8 Å². The van der Waals surface area contributed by atoms with E-state index in [1.165, 1.54) is 5.56 Å². The minimum atomic E-state index is -0.585. The average Bonchev–Trinajstić information content (AvgIpc) is 2.48. The molecule has 112 valence electrons. The summed E-state index contributed by atoms with van der Waals surface area (Å²) < 4.78 is 11.9. The Labute approximate surface area is 133 Å². The van der Waals surface area contributed by atoms with Gasteiger partial charge in [-0.2, -0.15) is 0 Å². The second-order valence-corrected chi connectivity index (χ2v) is 5.76. The molecule has 0 bridgehead atoms. The minimum absolute atomic E-state index is 0.585. The fourth-order valence-corrected chi connectivity index (χ4v) is 2.39. The van der Waals surface area contributed by atoms with Crippen LogP contribution >= 0.6 is 15.9 Å². The highest BCUT2D eigenvalue weighted by atomic mass is 79.9. The number of halogens is 1. The van der Waals surface area contributed by atoms with Gasteiger partial charge in [-0.3, -0.25) is 0 Å². The van der Waals surface area contributed by atoms with Gasteiger partial charge < -0.3 is 14.6 Å². The van der Waals surface area contributed by atoms with Crippen molar-refractivity contribution in [3.8, 4) is 11.5 Å². The predicted octanol–water partition coefficient (Wildman–Crippen LogP) is 4.48. The van der Waals surface area contributed by atoms with Gasteiger partial charge in [0.05, 0.1) is 12.7 Å². The first kappa shape index (κ1) is 16.0. The third kappa shape index (κ3) is 4.56. The Morgan fingerprint density at radius 2 is 1.86 bits per heavy atom. The topological polar surface area (TPSA) is 38.7 Å². The van der Waals surface area contributed by atoms with E-state index in [1.807, 2.05) is 42.5 Å². The van der Waals surface area contributed by atoms with Crippen LogP contribution < -0.4 is 4.74 Å². The molecule has 4 heteroatoms. The Kier molecular flexibility index (Phi) is 5.79. The molecule has 0 radical (unpaired) electrons. The first-order chi connectivity index (χ1) is 10.1. The summed E-state index contributed by atoms with van der Waals surface area (Å²) in [5, 5.41) is 9.83. The summed E-state index contributed by atoms with van der Waals surface area (Å²) in [4.78, 5) is 0. The smallest absolute Gasteiger partial charge is 0.133 e. The summed E-state index contributed by atoms with van der Waals surface area (Å²) in [5.41, 5.74) is 1.96. The quantitative estimate of drug-likeness (QED) is 0.834. The molecule has 1 unspecified atom stereocenters. The lowest BCUT2D eigenvalue weighted by Crippen LogP contribution is -1.97. The Morgan fingerprint density at radius 1 is 1.14 bits per heavy atom. The molecule has 0 amide bonds. The van der Waals surface area contributed by atoms with Crippen molar-refractivity contribution in [2.75, 3.05) is 13.7 Å². The number of rotatable bonds is 6. The molecule has 1 N–H and O–H groups in total. The average molecular weight is 351 g/mol. The Hall–Kier alpha value is -1.36. The van der Waals surface area contributed by atoms with Crippen LogP contribution in [0.3, 0.4) is 0 Å². The molecule has 21 heavy (non-hydrogen) atoms. The highest BCUT2D eigenvalue weighted by Crippen LogP contribution is 2.32. The number of hydrogen-bond donors (Lipinski definition) is 1. The normalized spacial score (nSPS) is 12.2. The Balaban J connectivity index is 2.14. The monoisotopic (exact) mass is 350 g/mol. The van der Waals surface area contributed by atoms with Crippen molar-refractivity contribution in [3.05, 3.63) is 58.1 Å². The molecule has 0 spiro atoms. The third-order valence-electron chi connectivity index (χ3n) is 3.17. The fraction of sp³-hybridized carbons (Fsp3) is 0.294.